The van der Waals surface area contributed by atoms with Crippen LogP contribution in [0.3, 0.4) is 0 Å². The topological polar surface area (TPSA) is 140 Å². The van der Waals surface area contributed by atoms with Crippen LogP contribution in [0, 0.1) is 5.92 Å². The third-order valence-electron chi connectivity index (χ3n) is 4.44. The summed E-state index contributed by atoms with van der Waals surface area (Å²) in [6.45, 7) is 4.43. The summed E-state index contributed by atoms with van der Waals surface area (Å²) in [6, 6.07) is 5.81. The molecule has 0 radical (unpaired) electrons. The van der Waals surface area contributed by atoms with Gasteiger partial charge in [-0.15, -0.1) is 0 Å². The van der Waals surface area contributed by atoms with Gasteiger partial charge in [-0.05, 0) is 31.4 Å². The summed E-state index contributed by atoms with van der Waals surface area (Å²) >= 11 is 5.15. The first-order chi connectivity index (χ1) is 14.4. The summed E-state index contributed by atoms with van der Waals surface area (Å²) < 4.78 is 18.4. The zero-order valence-corrected chi connectivity index (χ0v) is 18.6. The number of primary amides is 1. The highest BCUT2D eigenvalue weighted by molar-refractivity contribution is 6.34. The van der Waals surface area contributed by atoms with Crippen molar-refractivity contribution >= 4 is 40.8 Å². The van der Waals surface area contributed by atoms with Crippen molar-refractivity contribution in [2.45, 2.75) is 44.4 Å². The molecule has 0 saturated carbocycles. The number of nitrogens with one attached hydrogen (secondary N) is 3. The highest BCUT2D eigenvalue weighted by Gasteiger charge is 2.45. The van der Waals surface area contributed by atoms with E-state index in [1.54, 1.807) is 24.3 Å². The molecule has 0 saturated heterocycles. The van der Waals surface area contributed by atoms with E-state index in [-0.39, 0.29) is 18.9 Å². The van der Waals surface area contributed by atoms with E-state index in [1.807, 2.05) is 13.8 Å². The van der Waals surface area contributed by atoms with Crippen LogP contribution in [0.5, 0.6) is 5.75 Å². The molecule has 0 aromatic heterocycles. The van der Waals surface area contributed by atoms with E-state index in [1.165, 1.54) is 7.11 Å². The number of ketones is 1. The number of anilines is 1. The fourth-order valence-corrected chi connectivity index (χ4v) is 2.88. The number of halogens is 2. The fraction of sp³-hybridized carbons (Fsp3) is 0.500. The molecule has 5 N–H and O–H groups in total. The minimum Gasteiger partial charge on any atom is -0.497 e. The molecule has 0 bridgehead atoms. The zero-order chi connectivity index (χ0) is 23.8. The van der Waals surface area contributed by atoms with Gasteiger partial charge >= 0.3 is 0 Å². The number of carbonyl (C=O) groups is 4. The second-order valence-corrected chi connectivity index (χ2v) is 7.86. The Labute approximate surface area is 185 Å². The molecule has 3 atom stereocenters. The summed E-state index contributed by atoms with van der Waals surface area (Å²) in [7, 11) is 1.51. The third kappa shape index (κ3) is 7.71. The van der Waals surface area contributed by atoms with E-state index in [2.05, 4.69) is 16.0 Å². The van der Waals surface area contributed by atoms with Gasteiger partial charge in [-0.3, -0.25) is 19.2 Å². The molecule has 11 heteroatoms. The monoisotopic (exact) mass is 458 g/mol. The van der Waals surface area contributed by atoms with Crippen molar-refractivity contribution in [3.63, 3.8) is 0 Å². The second-order valence-electron chi connectivity index (χ2n) is 7.48. The van der Waals surface area contributed by atoms with Gasteiger partial charge in [0, 0.05) is 11.8 Å². The Bertz CT molecular complexity index is 821. The molecule has 31 heavy (non-hydrogen) atoms. The van der Waals surface area contributed by atoms with E-state index >= 15 is 0 Å². The van der Waals surface area contributed by atoms with Crippen LogP contribution in [-0.4, -0.2) is 54.4 Å². The van der Waals surface area contributed by atoms with Crippen molar-refractivity contribution in [2.24, 2.45) is 11.7 Å². The van der Waals surface area contributed by atoms with Gasteiger partial charge in [0.15, 0.2) is 5.54 Å². The van der Waals surface area contributed by atoms with Crippen LogP contribution in [0.4, 0.5) is 10.1 Å². The van der Waals surface area contributed by atoms with Gasteiger partial charge < -0.3 is 26.4 Å². The lowest BCUT2D eigenvalue weighted by Gasteiger charge is -2.29. The Hall–Kier alpha value is -2.88. The van der Waals surface area contributed by atoms with Crippen LogP contribution in [0.25, 0.3) is 0 Å². The summed E-state index contributed by atoms with van der Waals surface area (Å²) in [6.07, 6.45) is 0.194. The second kappa shape index (κ2) is 11.5. The van der Waals surface area contributed by atoms with Crippen molar-refractivity contribution in [3.05, 3.63) is 24.3 Å². The average molecular weight is 459 g/mol. The van der Waals surface area contributed by atoms with Crippen LogP contribution < -0.4 is 26.4 Å². The SMILES string of the molecule is COc1cccc(NCC(=O)N[C@@H](CC(C)C)C(=O)NC(C)(C(N)=O)C(=O)C(F)Cl)c1. The molecule has 0 fully saturated rings. The van der Waals surface area contributed by atoms with Gasteiger partial charge in [-0.1, -0.05) is 31.5 Å². The Morgan fingerprint density at radius 1 is 1.26 bits per heavy atom. The fourth-order valence-electron chi connectivity index (χ4n) is 2.66. The van der Waals surface area contributed by atoms with Crippen LogP contribution in [0.2, 0.25) is 0 Å². The maximum atomic E-state index is 13.3. The predicted molar refractivity (Wildman–Crippen MR) is 114 cm³/mol. The molecule has 1 aromatic rings. The highest BCUT2D eigenvalue weighted by Crippen LogP contribution is 2.17. The van der Waals surface area contributed by atoms with E-state index < -0.39 is 40.7 Å². The molecule has 0 aliphatic heterocycles. The van der Waals surface area contributed by atoms with Crippen LogP contribution in [0.1, 0.15) is 27.2 Å². The number of benzene rings is 1. The Morgan fingerprint density at radius 2 is 1.90 bits per heavy atom. The van der Waals surface area contributed by atoms with Crippen molar-refractivity contribution in [2.75, 3.05) is 19.0 Å². The number of carbonyl (C=O) groups excluding carboxylic acids is 4. The smallest absolute Gasteiger partial charge is 0.250 e. The first-order valence-corrected chi connectivity index (χ1v) is 9.96. The standard InChI is InChI=1S/C20H28ClFN4O5/c1-11(2)8-14(18(29)26-20(3,19(23)30)16(28)17(21)22)25-15(27)10-24-12-6-5-7-13(9-12)31-4/h5-7,9,11,14,17,24H,8,10H2,1-4H3,(H2,23,30)(H,25,27)(H,26,29)/t14-,17?,20?/m0/s1. The summed E-state index contributed by atoms with van der Waals surface area (Å²) in [5.41, 5.74) is 0.913. The van der Waals surface area contributed by atoms with E-state index in [9.17, 15) is 23.6 Å². The molecular weight excluding hydrogens is 431 g/mol. The van der Waals surface area contributed by atoms with Gasteiger partial charge in [-0.2, -0.15) is 0 Å². The Balaban J connectivity index is 2.88. The van der Waals surface area contributed by atoms with Gasteiger partial charge in [-0.25, -0.2) is 4.39 Å². The molecule has 0 spiro atoms. The number of rotatable bonds is 12. The summed E-state index contributed by atoms with van der Waals surface area (Å²) in [5.74, 6) is -3.48. The van der Waals surface area contributed by atoms with Crippen LogP contribution in [0.15, 0.2) is 24.3 Å². The molecule has 1 aromatic carbocycles. The first-order valence-electron chi connectivity index (χ1n) is 9.52. The third-order valence-corrected chi connectivity index (χ3v) is 4.64. The molecule has 0 heterocycles. The number of Topliss-reactive ketones (excluding diaryl/α,β-unsaturated/α-hetero) is 1. The van der Waals surface area contributed by atoms with Crippen LogP contribution >= 0.6 is 11.6 Å². The average Bonchev–Trinajstić information content (AvgIpc) is 2.70. The molecule has 2 unspecified atom stereocenters. The minimum absolute atomic E-state index is 0.0279. The van der Waals surface area contributed by atoms with Crippen molar-refractivity contribution in [3.8, 4) is 5.75 Å². The van der Waals surface area contributed by atoms with Gasteiger partial charge in [0.25, 0.3) is 5.91 Å². The maximum Gasteiger partial charge on any atom is 0.250 e. The van der Waals surface area contributed by atoms with Crippen LogP contribution in [-0.2, 0) is 19.2 Å². The number of hydrogen-bond donors (Lipinski definition) is 4. The summed E-state index contributed by atoms with van der Waals surface area (Å²) in [5, 5.41) is 7.57. The Kier molecular flexibility index (Phi) is 9.70. The number of alkyl halides is 2. The lowest BCUT2D eigenvalue weighted by atomic mass is 9.94. The predicted octanol–water partition coefficient (Wildman–Crippen LogP) is 1.10. The molecule has 1 rings (SSSR count). The lowest BCUT2D eigenvalue weighted by molar-refractivity contribution is -0.141. The number of ether oxygens (including phenoxy) is 1. The summed E-state index contributed by atoms with van der Waals surface area (Å²) in [4.78, 5) is 48.8. The quantitative estimate of drug-likeness (QED) is 0.273. The van der Waals surface area contributed by atoms with E-state index in [0.29, 0.717) is 11.4 Å². The molecular formula is C20H28ClFN4O5. The van der Waals surface area contributed by atoms with Gasteiger partial charge in [0.2, 0.25) is 23.2 Å². The van der Waals surface area contributed by atoms with Crippen molar-refractivity contribution in [1.82, 2.24) is 10.6 Å². The molecule has 172 valence electrons. The number of amides is 3. The number of methoxy groups -OCH3 is 1. The van der Waals surface area contributed by atoms with Crippen molar-refractivity contribution < 1.29 is 28.3 Å². The van der Waals surface area contributed by atoms with E-state index in [4.69, 9.17) is 22.1 Å². The molecule has 0 aliphatic carbocycles. The lowest BCUT2D eigenvalue weighted by Crippen LogP contribution is -2.65. The number of nitrogens with two attached hydrogens (primary N) is 1. The first kappa shape index (κ1) is 26.2. The zero-order valence-electron chi connectivity index (χ0n) is 17.8. The maximum absolute atomic E-state index is 13.3. The highest BCUT2D eigenvalue weighted by atomic mass is 35.5. The van der Waals surface area contributed by atoms with Gasteiger partial charge in [0.1, 0.15) is 11.8 Å². The van der Waals surface area contributed by atoms with Crippen molar-refractivity contribution in [1.29, 1.82) is 0 Å². The minimum atomic E-state index is -2.54. The molecule has 3 amide bonds. The normalized spacial score (nSPS) is 14.7. The van der Waals surface area contributed by atoms with Gasteiger partial charge in [0.05, 0.1) is 13.7 Å². The molecule has 0 aliphatic rings. The molecule has 9 nitrogen and oxygen atoms in total. The number of hydrogen-bond acceptors (Lipinski definition) is 6. The van der Waals surface area contributed by atoms with E-state index in [0.717, 1.165) is 6.92 Å². The largest absolute Gasteiger partial charge is 0.497 e. The Morgan fingerprint density at radius 3 is 2.42 bits per heavy atom.